The Morgan fingerprint density at radius 1 is 1.05 bits per heavy atom. The van der Waals surface area contributed by atoms with E-state index in [1.165, 1.54) is 10.4 Å². The molecule has 0 radical (unpaired) electrons. The van der Waals surface area contributed by atoms with E-state index in [1.54, 1.807) is 12.1 Å². The minimum Gasteiger partial charge on any atom is -0.504 e. The van der Waals surface area contributed by atoms with Gasteiger partial charge in [0, 0.05) is 13.1 Å². The number of benzene rings is 1. The van der Waals surface area contributed by atoms with Crippen molar-refractivity contribution in [3.8, 4) is 5.75 Å². The normalized spacial score (nSPS) is 15.8. The number of hydrogen-bond donors (Lipinski definition) is 3. The molecule has 0 aliphatic carbocycles. The number of para-hydroxylation sites is 1. The van der Waals surface area contributed by atoms with Crippen LogP contribution in [0, 0.1) is 12.3 Å². The second-order valence-corrected chi connectivity index (χ2v) is 12.5. The summed E-state index contributed by atoms with van der Waals surface area (Å²) in [6.45, 7) is 8.98. The lowest BCUT2D eigenvalue weighted by Gasteiger charge is -2.30. The number of hydrogen-bond acceptors (Lipinski definition) is 11. The molecule has 1 atom stereocenters. The van der Waals surface area contributed by atoms with Crippen LogP contribution in [0.2, 0.25) is 0 Å². The Morgan fingerprint density at radius 2 is 1.73 bits per heavy atom. The third-order valence-electron chi connectivity index (χ3n) is 6.24. The lowest BCUT2D eigenvalue weighted by Crippen LogP contribution is -2.28. The van der Waals surface area contributed by atoms with E-state index in [0.29, 0.717) is 30.2 Å². The van der Waals surface area contributed by atoms with Crippen molar-refractivity contribution in [1.29, 1.82) is 0 Å². The molecule has 4 aromatic rings. The molecule has 1 aromatic carbocycles. The maximum Gasteiger partial charge on any atom is 0.246 e. The van der Waals surface area contributed by atoms with E-state index in [-0.39, 0.29) is 33.6 Å². The summed E-state index contributed by atoms with van der Waals surface area (Å²) in [7, 11) is -3.83. The van der Waals surface area contributed by atoms with Gasteiger partial charge in [-0.15, -0.1) is 0 Å². The van der Waals surface area contributed by atoms with Crippen LogP contribution >= 0.6 is 11.7 Å². The van der Waals surface area contributed by atoms with Gasteiger partial charge in [-0.1, -0.05) is 26.8 Å². The number of rotatable bonds is 7. The molecule has 0 amide bonds. The van der Waals surface area contributed by atoms with Crippen molar-refractivity contribution in [1.82, 2.24) is 23.0 Å². The van der Waals surface area contributed by atoms with Gasteiger partial charge in [0.15, 0.2) is 17.4 Å². The van der Waals surface area contributed by atoms with E-state index in [2.05, 4.69) is 50.1 Å². The fraction of sp³-hybridized carbons (Fsp3) is 0.417. The number of anilines is 3. The molecule has 0 saturated carbocycles. The molecule has 37 heavy (non-hydrogen) atoms. The average Bonchev–Trinajstić information content (AvgIpc) is 3.60. The maximum atomic E-state index is 13.2. The predicted molar refractivity (Wildman–Crippen MR) is 142 cm³/mol. The van der Waals surface area contributed by atoms with Gasteiger partial charge in [-0.25, -0.2) is 18.4 Å². The molecule has 13 heteroatoms. The molecule has 0 spiro atoms. The summed E-state index contributed by atoms with van der Waals surface area (Å²) < 4.78 is 42.0. The van der Waals surface area contributed by atoms with Gasteiger partial charge < -0.3 is 20.2 Å². The number of nitrogens with one attached hydrogen (secondary N) is 2. The number of phenols is 1. The predicted octanol–water partition coefficient (Wildman–Crippen LogP) is 4.82. The quantitative estimate of drug-likeness (QED) is 0.277. The zero-order valence-electron chi connectivity index (χ0n) is 21.0. The number of phenolic OH excluding ortho intramolecular Hbond substituents is 1. The second kappa shape index (κ2) is 9.54. The maximum absolute atomic E-state index is 13.2. The van der Waals surface area contributed by atoms with E-state index < -0.39 is 10.0 Å². The molecule has 11 nitrogen and oxygen atoms in total. The summed E-state index contributed by atoms with van der Waals surface area (Å²) in [4.78, 5) is 9.05. The number of sulfonamides is 1. The van der Waals surface area contributed by atoms with Crippen LogP contribution in [-0.2, 0) is 10.0 Å². The fourth-order valence-corrected chi connectivity index (χ4v) is 6.37. The van der Waals surface area contributed by atoms with Crippen LogP contribution < -0.4 is 10.6 Å². The lowest BCUT2D eigenvalue weighted by molar-refractivity contribution is 0.300. The van der Waals surface area contributed by atoms with Crippen molar-refractivity contribution in [2.75, 3.05) is 23.7 Å². The Kier molecular flexibility index (Phi) is 6.54. The van der Waals surface area contributed by atoms with E-state index in [1.807, 2.05) is 19.1 Å². The van der Waals surface area contributed by atoms with Crippen molar-refractivity contribution in [3.05, 3.63) is 41.9 Å². The van der Waals surface area contributed by atoms with E-state index in [4.69, 9.17) is 4.42 Å². The van der Waals surface area contributed by atoms with Gasteiger partial charge in [0.1, 0.15) is 16.4 Å². The largest absolute Gasteiger partial charge is 0.504 e. The summed E-state index contributed by atoms with van der Waals surface area (Å²) in [5.74, 6) is 1.77. The highest BCUT2D eigenvalue weighted by Gasteiger charge is 2.32. The third kappa shape index (κ3) is 4.98. The summed E-state index contributed by atoms with van der Waals surface area (Å²) in [6.07, 6.45) is 1.60. The molecular weight excluding hydrogens is 514 g/mol. The Balaban J connectivity index is 1.55. The van der Waals surface area contributed by atoms with Gasteiger partial charge in [0.05, 0.1) is 23.5 Å². The van der Waals surface area contributed by atoms with Crippen LogP contribution in [0.5, 0.6) is 5.75 Å². The molecule has 1 saturated heterocycles. The topological polar surface area (TPSA) is 146 Å². The number of aromatic hydroxyl groups is 1. The van der Waals surface area contributed by atoms with E-state index in [9.17, 15) is 13.5 Å². The SMILES string of the molecule is Cc1ccc([C@H](Nc2nc3nsnc3nc2Nc2cccc(S(=O)(=O)N3CCCC3)c2O)C(C)(C)C)o1. The number of furan rings is 1. The minimum atomic E-state index is -3.83. The summed E-state index contributed by atoms with van der Waals surface area (Å²) in [6, 6.07) is 8.11. The minimum absolute atomic E-state index is 0.156. The molecule has 0 unspecified atom stereocenters. The number of nitrogens with zero attached hydrogens (tertiary/aromatic N) is 5. The van der Waals surface area contributed by atoms with Crippen molar-refractivity contribution in [3.63, 3.8) is 0 Å². The average molecular weight is 544 g/mol. The zero-order valence-corrected chi connectivity index (χ0v) is 22.7. The van der Waals surface area contributed by atoms with E-state index >= 15 is 0 Å². The van der Waals surface area contributed by atoms with Crippen LogP contribution in [0.4, 0.5) is 17.3 Å². The lowest BCUT2D eigenvalue weighted by atomic mass is 9.85. The van der Waals surface area contributed by atoms with Gasteiger partial charge in [-0.05, 0) is 49.4 Å². The molecule has 196 valence electrons. The van der Waals surface area contributed by atoms with Crippen molar-refractivity contribution in [2.45, 2.75) is 51.5 Å². The summed E-state index contributed by atoms with van der Waals surface area (Å²) in [5.41, 5.74) is 0.612. The fourth-order valence-electron chi connectivity index (χ4n) is 4.31. The first-order valence-electron chi connectivity index (χ1n) is 12.0. The molecule has 3 aromatic heterocycles. The van der Waals surface area contributed by atoms with Crippen LogP contribution in [-0.4, -0.2) is 49.6 Å². The Hall–Kier alpha value is -3.29. The monoisotopic (exact) mass is 543 g/mol. The summed E-state index contributed by atoms with van der Waals surface area (Å²) >= 11 is 0.990. The molecular formula is C24H29N7O4S2. The molecule has 5 rings (SSSR count). The Bertz CT molecular complexity index is 1540. The number of fused-ring (bicyclic) bond motifs is 1. The van der Waals surface area contributed by atoms with Crippen molar-refractivity contribution >= 4 is 50.4 Å². The molecule has 1 fully saturated rings. The van der Waals surface area contributed by atoms with Gasteiger partial charge in [-0.3, -0.25) is 0 Å². The van der Waals surface area contributed by atoms with Crippen LogP contribution in [0.25, 0.3) is 11.3 Å². The first-order chi connectivity index (χ1) is 17.5. The van der Waals surface area contributed by atoms with Crippen molar-refractivity contribution in [2.24, 2.45) is 5.41 Å². The molecule has 0 bridgehead atoms. The Labute approximate surface area is 219 Å². The van der Waals surface area contributed by atoms with Crippen LogP contribution in [0.3, 0.4) is 0 Å². The van der Waals surface area contributed by atoms with Crippen LogP contribution in [0.1, 0.15) is 51.2 Å². The van der Waals surface area contributed by atoms with Gasteiger partial charge >= 0.3 is 0 Å². The van der Waals surface area contributed by atoms with Crippen molar-refractivity contribution < 1.29 is 17.9 Å². The second-order valence-electron chi connectivity index (χ2n) is 10.1. The molecule has 4 heterocycles. The van der Waals surface area contributed by atoms with Gasteiger partial charge in [-0.2, -0.15) is 13.1 Å². The van der Waals surface area contributed by atoms with Gasteiger partial charge in [0.25, 0.3) is 0 Å². The molecule has 3 N–H and O–H groups in total. The highest BCUT2D eigenvalue weighted by molar-refractivity contribution is 7.89. The summed E-state index contributed by atoms with van der Waals surface area (Å²) in [5, 5.41) is 17.5. The number of aromatic nitrogens is 4. The van der Waals surface area contributed by atoms with E-state index in [0.717, 1.165) is 36.1 Å². The van der Waals surface area contributed by atoms with Crippen LogP contribution in [0.15, 0.2) is 39.6 Å². The van der Waals surface area contributed by atoms with Gasteiger partial charge in [0.2, 0.25) is 21.3 Å². The highest BCUT2D eigenvalue weighted by atomic mass is 32.2. The molecule has 1 aliphatic heterocycles. The highest BCUT2D eigenvalue weighted by Crippen LogP contribution is 2.40. The number of aryl methyl sites for hydroxylation is 1. The first-order valence-corrected chi connectivity index (χ1v) is 14.1. The first kappa shape index (κ1) is 25.4. The smallest absolute Gasteiger partial charge is 0.246 e. The zero-order chi connectivity index (χ0) is 26.4. The Morgan fingerprint density at radius 3 is 2.35 bits per heavy atom. The molecule has 1 aliphatic rings. The standard InChI is InChI=1S/C24H29N7O4S2/c1-14-10-11-16(35-14)19(24(2,3)4)26-21-20(27-22-23(28-21)30-36-29-22)25-15-8-7-9-17(18(15)32)37(33,34)31-12-5-6-13-31/h7-11,19,32H,5-6,12-13H2,1-4H3,(H,25,27,29)(H,26,28,30)/t19-/m0/s1. The third-order valence-corrected chi connectivity index (χ3v) is 8.68.